The van der Waals surface area contributed by atoms with E-state index >= 15 is 0 Å². The van der Waals surface area contributed by atoms with Crippen LogP contribution in [0.3, 0.4) is 0 Å². The predicted molar refractivity (Wildman–Crippen MR) is 83.8 cm³/mol. The number of benzene rings is 1. The van der Waals surface area contributed by atoms with Crippen molar-refractivity contribution < 1.29 is 9.59 Å². The summed E-state index contributed by atoms with van der Waals surface area (Å²) in [5.74, 6) is 0.145. The molecule has 1 unspecified atom stereocenters. The molecule has 106 valence electrons. The van der Waals surface area contributed by atoms with Crippen LogP contribution in [0.1, 0.15) is 10.4 Å². The first-order valence-electron chi connectivity index (χ1n) is 6.69. The third kappa shape index (κ3) is 2.80. The maximum atomic E-state index is 12.2. The second-order valence-electron chi connectivity index (χ2n) is 5.20. The van der Waals surface area contributed by atoms with Gasteiger partial charge in [0.15, 0.2) is 5.78 Å². The number of rotatable bonds is 3. The molecule has 1 aromatic rings. The van der Waals surface area contributed by atoms with Gasteiger partial charge in [-0.05, 0) is 34.7 Å². The fraction of sp³-hybridized carbons (Fsp3) is 0.429. The average Bonchev–Trinajstić information content (AvgIpc) is 2.81. The SMILES string of the molecule is O=C(CN1CCN2C(=O)NCC2C1)c1ccc(I)cc1. The van der Waals surface area contributed by atoms with Crippen molar-refractivity contribution in [3.63, 3.8) is 0 Å². The number of amides is 2. The molecule has 2 amide bonds. The lowest BCUT2D eigenvalue weighted by molar-refractivity contribution is 0.0838. The maximum Gasteiger partial charge on any atom is 0.317 e. The van der Waals surface area contributed by atoms with Crippen molar-refractivity contribution >= 4 is 34.4 Å². The van der Waals surface area contributed by atoms with Crippen LogP contribution >= 0.6 is 22.6 Å². The summed E-state index contributed by atoms with van der Waals surface area (Å²) in [6.45, 7) is 3.36. The molecule has 6 heteroatoms. The van der Waals surface area contributed by atoms with Gasteiger partial charge in [0.1, 0.15) is 0 Å². The smallest absolute Gasteiger partial charge is 0.317 e. The molecule has 0 aromatic heterocycles. The molecule has 1 atom stereocenters. The molecule has 2 aliphatic rings. The number of piperazine rings is 1. The Morgan fingerprint density at radius 1 is 1.30 bits per heavy atom. The highest BCUT2D eigenvalue weighted by Crippen LogP contribution is 2.15. The number of halogens is 1. The number of hydrogen-bond acceptors (Lipinski definition) is 3. The quantitative estimate of drug-likeness (QED) is 0.628. The molecule has 0 bridgehead atoms. The summed E-state index contributed by atoms with van der Waals surface area (Å²) in [7, 11) is 0. The highest BCUT2D eigenvalue weighted by molar-refractivity contribution is 14.1. The molecule has 2 saturated heterocycles. The highest BCUT2D eigenvalue weighted by atomic mass is 127. The van der Waals surface area contributed by atoms with E-state index in [-0.39, 0.29) is 17.9 Å². The van der Waals surface area contributed by atoms with Gasteiger partial charge in [-0.2, -0.15) is 0 Å². The molecule has 5 nitrogen and oxygen atoms in total. The largest absolute Gasteiger partial charge is 0.336 e. The lowest BCUT2D eigenvalue weighted by atomic mass is 10.1. The van der Waals surface area contributed by atoms with Crippen molar-refractivity contribution in [2.24, 2.45) is 0 Å². The van der Waals surface area contributed by atoms with Crippen LogP contribution in [0.4, 0.5) is 4.79 Å². The number of Topliss-reactive ketones (excluding diaryl/α,β-unsaturated/α-hetero) is 1. The fourth-order valence-electron chi connectivity index (χ4n) is 2.74. The minimum absolute atomic E-state index is 0.0265. The van der Waals surface area contributed by atoms with E-state index < -0.39 is 0 Å². The van der Waals surface area contributed by atoms with Crippen LogP contribution in [0.2, 0.25) is 0 Å². The minimum Gasteiger partial charge on any atom is -0.336 e. The molecular weight excluding hydrogens is 369 g/mol. The normalized spacial score (nSPS) is 22.6. The van der Waals surface area contributed by atoms with Crippen LogP contribution in [0.5, 0.6) is 0 Å². The second kappa shape index (κ2) is 5.69. The lowest BCUT2D eigenvalue weighted by Crippen LogP contribution is -2.53. The van der Waals surface area contributed by atoms with E-state index in [1.54, 1.807) is 0 Å². The zero-order valence-corrected chi connectivity index (χ0v) is 13.2. The van der Waals surface area contributed by atoms with E-state index in [0.29, 0.717) is 19.6 Å². The Balaban J connectivity index is 1.60. The number of nitrogens with one attached hydrogen (secondary N) is 1. The Hall–Kier alpha value is -1.15. The van der Waals surface area contributed by atoms with E-state index in [0.717, 1.165) is 22.2 Å². The minimum atomic E-state index is 0.0265. The van der Waals surface area contributed by atoms with E-state index in [1.165, 1.54) is 0 Å². The van der Waals surface area contributed by atoms with Gasteiger partial charge in [0.2, 0.25) is 0 Å². The summed E-state index contributed by atoms with van der Waals surface area (Å²) in [6.07, 6.45) is 0. The van der Waals surface area contributed by atoms with Gasteiger partial charge in [-0.3, -0.25) is 9.69 Å². The first-order chi connectivity index (χ1) is 9.63. The third-order valence-electron chi connectivity index (χ3n) is 3.85. The zero-order chi connectivity index (χ0) is 14.1. The van der Waals surface area contributed by atoms with Crippen molar-refractivity contribution in [1.82, 2.24) is 15.1 Å². The van der Waals surface area contributed by atoms with Crippen molar-refractivity contribution in [3.05, 3.63) is 33.4 Å². The van der Waals surface area contributed by atoms with Gasteiger partial charge in [0.25, 0.3) is 0 Å². The lowest BCUT2D eigenvalue weighted by Gasteiger charge is -2.35. The van der Waals surface area contributed by atoms with Crippen molar-refractivity contribution in [1.29, 1.82) is 0 Å². The molecule has 3 rings (SSSR count). The summed E-state index contributed by atoms with van der Waals surface area (Å²) >= 11 is 2.23. The standard InChI is InChI=1S/C14H16IN3O2/c15-11-3-1-10(2-4-11)13(19)9-17-5-6-18-12(8-17)7-16-14(18)20/h1-4,12H,5-9H2,(H,16,20). The van der Waals surface area contributed by atoms with Crippen LogP contribution in [-0.4, -0.2) is 60.4 Å². The second-order valence-corrected chi connectivity index (χ2v) is 6.44. The number of carbonyl (C=O) groups is 2. The number of fused-ring (bicyclic) bond motifs is 1. The molecule has 2 heterocycles. The van der Waals surface area contributed by atoms with Gasteiger partial charge in [-0.1, -0.05) is 12.1 Å². The summed E-state index contributed by atoms with van der Waals surface area (Å²) < 4.78 is 1.13. The van der Waals surface area contributed by atoms with Crippen LogP contribution in [0, 0.1) is 3.57 Å². The van der Waals surface area contributed by atoms with Gasteiger partial charge >= 0.3 is 6.03 Å². The van der Waals surface area contributed by atoms with Crippen LogP contribution in [0.15, 0.2) is 24.3 Å². The Bertz CT molecular complexity index is 532. The topological polar surface area (TPSA) is 52.7 Å². The first-order valence-corrected chi connectivity index (χ1v) is 7.77. The maximum absolute atomic E-state index is 12.2. The van der Waals surface area contributed by atoms with Crippen molar-refractivity contribution in [2.45, 2.75) is 6.04 Å². The van der Waals surface area contributed by atoms with Crippen LogP contribution in [0.25, 0.3) is 0 Å². The number of carbonyl (C=O) groups excluding carboxylic acids is 2. The first kappa shape index (κ1) is 13.8. The molecule has 0 saturated carbocycles. The summed E-state index contributed by atoms with van der Waals surface area (Å²) in [4.78, 5) is 27.8. The molecule has 2 aliphatic heterocycles. The molecule has 0 spiro atoms. The predicted octanol–water partition coefficient (Wildman–Crippen LogP) is 1.18. The summed E-state index contributed by atoms with van der Waals surface area (Å²) in [5.41, 5.74) is 0.758. The number of hydrogen-bond donors (Lipinski definition) is 1. The molecule has 1 aromatic carbocycles. The monoisotopic (exact) mass is 385 g/mol. The average molecular weight is 385 g/mol. The summed E-state index contributed by atoms with van der Waals surface area (Å²) in [6, 6.07) is 7.89. The molecule has 0 radical (unpaired) electrons. The van der Waals surface area contributed by atoms with Crippen molar-refractivity contribution in [2.75, 3.05) is 32.7 Å². The number of nitrogens with zero attached hydrogens (tertiary/aromatic N) is 2. The fourth-order valence-corrected chi connectivity index (χ4v) is 3.10. The van der Waals surface area contributed by atoms with E-state index in [9.17, 15) is 9.59 Å². The third-order valence-corrected chi connectivity index (χ3v) is 4.57. The molecule has 0 aliphatic carbocycles. The summed E-state index contributed by atoms with van der Waals surface area (Å²) in [5, 5.41) is 2.85. The zero-order valence-electron chi connectivity index (χ0n) is 11.0. The van der Waals surface area contributed by atoms with Gasteiger partial charge in [0, 0.05) is 35.3 Å². The Labute approximate surface area is 131 Å². The molecule has 1 N–H and O–H groups in total. The Kier molecular flexibility index (Phi) is 3.93. The van der Waals surface area contributed by atoms with Gasteiger partial charge in [-0.25, -0.2) is 4.79 Å². The Morgan fingerprint density at radius 2 is 2.05 bits per heavy atom. The molecule has 20 heavy (non-hydrogen) atoms. The number of ketones is 1. The highest BCUT2D eigenvalue weighted by Gasteiger charge is 2.35. The van der Waals surface area contributed by atoms with E-state index in [2.05, 4.69) is 32.8 Å². The van der Waals surface area contributed by atoms with Crippen molar-refractivity contribution in [3.8, 4) is 0 Å². The number of urea groups is 1. The van der Waals surface area contributed by atoms with E-state index in [4.69, 9.17) is 0 Å². The molecular formula is C14H16IN3O2. The van der Waals surface area contributed by atoms with Crippen LogP contribution < -0.4 is 5.32 Å². The Morgan fingerprint density at radius 3 is 2.80 bits per heavy atom. The molecule has 2 fully saturated rings. The van der Waals surface area contributed by atoms with E-state index in [1.807, 2.05) is 29.2 Å². The van der Waals surface area contributed by atoms with Gasteiger partial charge in [0.05, 0.1) is 12.6 Å². The van der Waals surface area contributed by atoms with Gasteiger partial charge in [-0.15, -0.1) is 0 Å². The van der Waals surface area contributed by atoms with Gasteiger partial charge < -0.3 is 10.2 Å². The van der Waals surface area contributed by atoms with Crippen LogP contribution in [-0.2, 0) is 0 Å².